The molecular weight excluding hydrogens is 158 g/mol. The maximum absolute atomic E-state index is 4.51. The van der Waals surface area contributed by atoms with Gasteiger partial charge in [0.25, 0.3) is 0 Å². The van der Waals surface area contributed by atoms with Crippen molar-refractivity contribution in [2.24, 2.45) is 0 Å². The molecule has 0 unspecified atom stereocenters. The van der Waals surface area contributed by atoms with Crippen LogP contribution >= 0.6 is 0 Å². The number of aryl methyl sites for hydroxylation is 3. The quantitative estimate of drug-likeness (QED) is 0.687. The third kappa shape index (κ3) is 3.17. The Morgan fingerprint density at radius 3 is 2.38 bits per heavy atom. The molecule has 0 N–H and O–H groups in total. The molecule has 1 aromatic rings. The van der Waals surface area contributed by atoms with Crippen molar-refractivity contribution in [2.45, 2.75) is 46.5 Å². The van der Waals surface area contributed by atoms with Crippen LogP contribution in [0.4, 0.5) is 0 Å². The molecule has 1 nitrogen and oxygen atoms in total. The van der Waals surface area contributed by atoms with E-state index < -0.39 is 0 Å². The molecule has 0 aliphatic heterocycles. The zero-order valence-corrected chi connectivity index (χ0v) is 8.93. The van der Waals surface area contributed by atoms with Gasteiger partial charge in [-0.15, -0.1) is 0 Å². The van der Waals surface area contributed by atoms with E-state index in [-0.39, 0.29) is 0 Å². The Labute approximate surface area is 81.2 Å². The van der Waals surface area contributed by atoms with Gasteiger partial charge < -0.3 is 0 Å². The van der Waals surface area contributed by atoms with Crippen LogP contribution in [0.25, 0.3) is 0 Å². The number of hydrogen-bond donors (Lipinski definition) is 0. The Morgan fingerprint density at radius 1 is 1.08 bits per heavy atom. The van der Waals surface area contributed by atoms with Crippen LogP contribution in [0.1, 0.15) is 43.6 Å². The summed E-state index contributed by atoms with van der Waals surface area (Å²) >= 11 is 0. The van der Waals surface area contributed by atoms with Crippen molar-refractivity contribution >= 4 is 0 Å². The molecule has 0 aliphatic rings. The van der Waals surface area contributed by atoms with Gasteiger partial charge in [-0.25, -0.2) is 0 Å². The molecular formula is C12H19N. The molecule has 0 aliphatic carbocycles. The van der Waals surface area contributed by atoms with E-state index in [1.807, 2.05) is 0 Å². The van der Waals surface area contributed by atoms with E-state index in [2.05, 4.69) is 37.9 Å². The number of pyridine rings is 1. The summed E-state index contributed by atoms with van der Waals surface area (Å²) in [5.74, 6) is 0. The number of rotatable bonds is 4. The average Bonchev–Trinajstić information content (AvgIpc) is 2.04. The highest BCUT2D eigenvalue weighted by Crippen LogP contribution is 2.09. The third-order valence-electron chi connectivity index (χ3n) is 2.11. The first-order chi connectivity index (χ1) is 6.26. The summed E-state index contributed by atoms with van der Waals surface area (Å²) in [7, 11) is 0. The molecule has 0 atom stereocenters. The normalized spacial score (nSPS) is 10.4. The van der Waals surface area contributed by atoms with Gasteiger partial charge in [0.2, 0.25) is 0 Å². The molecule has 0 saturated heterocycles. The van der Waals surface area contributed by atoms with Gasteiger partial charge in [-0.05, 0) is 37.5 Å². The summed E-state index contributed by atoms with van der Waals surface area (Å²) in [5, 5.41) is 0. The number of hydrogen-bond acceptors (Lipinski definition) is 1. The zero-order chi connectivity index (χ0) is 9.68. The molecule has 1 aromatic heterocycles. The summed E-state index contributed by atoms with van der Waals surface area (Å²) in [6.45, 7) is 6.50. The molecule has 1 heteroatoms. The second-order valence-corrected chi connectivity index (χ2v) is 3.61. The standard InChI is InChI=1S/C12H19N/c1-4-6-11-8-10(3)13-12(9-11)7-5-2/h8-9H,4-7H2,1-3H3. The van der Waals surface area contributed by atoms with Gasteiger partial charge in [-0.3, -0.25) is 4.98 Å². The van der Waals surface area contributed by atoms with Crippen molar-refractivity contribution in [1.29, 1.82) is 0 Å². The van der Waals surface area contributed by atoms with E-state index in [4.69, 9.17) is 0 Å². The second kappa shape index (κ2) is 5.00. The van der Waals surface area contributed by atoms with Crippen molar-refractivity contribution in [2.75, 3.05) is 0 Å². The van der Waals surface area contributed by atoms with Gasteiger partial charge in [0, 0.05) is 11.4 Å². The molecule has 0 fully saturated rings. The van der Waals surface area contributed by atoms with Crippen LogP contribution in [0.15, 0.2) is 12.1 Å². The Morgan fingerprint density at radius 2 is 1.77 bits per heavy atom. The first-order valence-electron chi connectivity index (χ1n) is 5.22. The summed E-state index contributed by atoms with van der Waals surface area (Å²) in [4.78, 5) is 4.51. The maximum atomic E-state index is 4.51. The van der Waals surface area contributed by atoms with Crippen LogP contribution in [0.3, 0.4) is 0 Å². The molecule has 1 rings (SSSR count). The Hall–Kier alpha value is -0.850. The maximum Gasteiger partial charge on any atom is 0.0409 e. The fourth-order valence-electron chi connectivity index (χ4n) is 1.63. The van der Waals surface area contributed by atoms with Crippen LogP contribution in [-0.2, 0) is 12.8 Å². The predicted molar refractivity (Wildman–Crippen MR) is 57.0 cm³/mol. The summed E-state index contributed by atoms with van der Waals surface area (Å²) < 4.78 is 0. The minimum absolute atomic E-state index is 1.11. The topological polar surface area (TPSA) is 12.9 Å². The van der Waals surface area contributed by atoms with E-state index in [1.165, 1.54) is 30.5 Å². The Bertz CT molecular complexity index is 242. The van der Waals surface area contributed by atoms with Crippen LogP contribution < -0.4 is 0 Å². The lowest BCUT2D eigenvalue weighted by Gasteiger charge is -2.04. The van der Waals surface area contributed by atoms with Crippen LogP contribution in [0.5, 0.6) is 0 Å². The highest BCUT2D eigenvalue weighted by Gasteiger charge is 1.98. The van der Waals surface area contributed by atoms with Gasteiger partial charge >= 0.3 is 0 Å². The molecule has 0 aromatic carbocycles. The second-order valence-electron chi connectivity index (χ2n) is 3.61. The predicted octanol–water partition coefficient (Wildman–Crippen LogP) is 3.30. The minimum atomic E-state index is 1.11. The van der Waals surface area contributed by atoms with Crippen LogP contribution in [-0.4, -0.2) is 4.98 Å². The van der Waals surface area contributed by atoms with Crippen molar-refractivity contribution in [1.82, 2.24) is 4.98 Å². The van der Waals surface area contributed by atoms with Gasteiger partial charge in [0.1, 0.15) is 0 Å². The first kappa shape index (κ1) is 10.2. The zero-order valence-electron chi connectivity index (χ0n) is 8.93. The molecule has 0 spiro atoms. The van der Waals surface area contributed by atoms with Gasteiger partial charge in [0.15, 0.2) is 0 Å². The fraction of sp³-hybridized carbons (Fsp3) is 0.583. The molecule has 0 bridgehead atoms. The highest BCUT2D eigenvalue weighted by atomic mass is 14.7. The van der Waals surface area contributed by atoms with Crippen molar-refractivity contribution in [3.05, 3.63) is 29.1 Å². The van der Waals surface area contributed by atoms with E-state index in [9.17, 15) is 0 Å². The Kier molecular flexibility index (Phi) is 3.94. The Balaban J connectivity index is 2.83. The first-order valence-corrected chi connectivity index (χ1v) is 5.22. The van der Waals surface area contributed by atoms with Crippen LogP contribution in [0.2, 0.25) is 0 Å². The number of nitrogens with zero attached hydrogens (tertiary/aromatic N) is 1. The van der Waals surface area contributed by atoms with Gasteiger partial charge in [-0.2, -0.15) is 0 Å². The van der Waals surface area contributed by atoms with Gasteiger partial charge in [0.05, 0.1) is 0 Å². The largest absolute Gasteiger partial charge is 0.258 e. The smallest absolute Gasteiger partial charge is 0.0409 e. The van der Waals surface area contributed by atoms with E-state index in [0.29, 0.717) is 0 Å². The molecule has 13 heavy (non-hydrogen) atoms. The minimum Gasteiger partial charge on any atom is -0.258 e. The van der Waals surface area contributed by atoms with E-state index in [0.717, 1.165) is 12.1 Å². The number of aromatic nitrogens is 1. The van der Waals surface area contributed by atoms with Crippen molar-refractivity contribution in [3.63, 3.8) is 0 Å². The fourth-order valence-corrected chi connectivity index (χ4v) is 1.63. The molecule has 1 heterocycles. The molecule has 0 amide bonds. The average molecular weight is 177 g/mol. The van der Waals surface area contributed by atoms with Crippen molar-refractivity contribution in [3.8, 4) is 0 Å². The highest BCUT2D eigenvalue weighted by molar-refractivity contribution is 5.21. The third-order valence-corrected chi connectivity index (χ3v) is 2.11. The van der Waals surface area contributed by atoms with Crippen molar-refractivity contribution < 1.29 is 0 Å². The molecule has 0 saturated carbocycles. The molecule has 72 valence electrons. The summed E-state index contributed by atoms with van der Waals surface area (Å²) in [6.07, 6.45) is 4.69. The lowest BCUT2D eigenvalue weighted by atomic mass is 10.1. The van der Waals surface area contributed by atoms with Gasteiger partial charge in [-0.1, -0.05) is 26.7 Å². The molecule has 0 radical (unpaired) electrons. The van der Waals surface area contributed by atoms with Crippen LogP contribution in [0, 0.1) is 6.92 Å². The van der Waals surface area contributed by atoms with E-state index in [1.54, 1.807) is 0 Å². The monoisotopic (exact) mass is 177 g/mol. The summed E-state index contributed by atoms with van der Waals surface area (Å²) in [6, 6.07) is 4.45. The van der Waals surface area contributed by atoms with E-state index >= 15 is 0 Å². The lowest BCUT2D eigenvalue weighted by Crippen LogP contribution is -1.95. The lowest BCUT2D eigenvalue weighted by molar-refractivity contribution is 0.853. The SMILES string of the molecule is CCCc1cc(C)nc(CCC)c1. The summed E-state index contributed by atoms with van der Waals surface area (Å²) in [5.41, 5.74) is 3.86.